The van der Waals surface area contributed by atoms with Crippen molar-refractivity contribution in [3.8, 4) is 5.75 Å². The minimum Gasteiger partial charge on any atom is -0.506 e. The van der Waals surface area contributed by atoms with Crippen molar-refractivity contribution in [2.24, 2.45) is 5.10 Å². The van der Waals surface area contributed by atoms with E-state index in [-0.39, 0.29) is 11.7 Å². The molecule has 126 valence electrons. The molecule has 0 saturated carbocycles. The molecular formula is C18H13BrClN3O2. The number of nitrogens with one attached hydrogen (secondary N) is 1. The Morgan fingerprint density at radius 1 is 1.32 bits per heavy atom. The third-order valence-corrected chi connectivity index (χ3v) is 4.34. The van der Waals surface area contributed by atoms with Crippen LogP contribution in [0.5, 0.6) is 5.75 Å². The minimum atomic E-state index is -0.362. The molecule has 0 aliphatic carbocycles. The van der Waals surface area contributed by atoms with E-state index in [1.807, 2.05) is 31.2 Å². The molecule has 0 aliphatic rings. The van der Waals surface area contributed by atoms with E-state index >= 15 is 0 Å². The van der Waals surface area contributed by atoms with E-state index in [9.17, 15) is 9.90 Å². The van der Waals surface area contributed by atoms with Crippen LogP contribution in [0, 0.1) is 6.92 Å². The maximum Gasteiger partial charge on any atom is 0.272 e. The molecule has 0 aliphatic heterocycles. The van der Waals surface area contributed by atoms with Gasteiger partial charge in [0.2, 0.25) is 0 Å². The number of carbonyl (C=O) groups is 1. The van der Waals surface area contributed by atoms with Gasteiger partial charge in [0.25, 0.3) is 5.91 Å². The van der Waals surface area contributed by atoms with E-state index in [1.54, 1.807) is 18.2 Å². The van der Waals surface area contributed by atoms with Crippen LogP contribution in [0.3, 0.4) is 0 Å². The van der Waals surface area contributed by atoms with Crippen LogP contribution in [0.2, 0.25) is 5.02 Å². The lowest BCUT2D eigenvalue weighted by molar-refractivity contribution is 0.0956. The first-order valence-corrected chi connectivity index (χ1v) is 8.50. The van der Waals surface area contributed by atoms with Gasteiger partial charge in [-0.25, -0.2) is 5.43 Å². The number of phenols is 1. The standard InChI is InChI=1S/C18H13BrClN3O2/c1-10-6-14(13-4-2-3-5-16(13)22-10)18(25)23-21-9-11-7-12(20)8-15(19)17(11)24/h2-9,24H,1H3,(H,23,25)/b21-9+. The Kier molecular flexibility index (Phi) is 5.01. The second kappa shape index (κ2) is 7.21. The molecule has 5 nitrogen and oxygen atoms in total. The highest BCUT2D eigenvalue weighted by atomic mass is 79.9. The molecule has 2 aromatic carbocycles. The van der Waals surface area contributed by atoms with Gasteiger partial charge in [0, 0.05) is 21.7 Å². The number of benzene rings is 2. The Bertz CT molecular complexity index is 1010. The predicted octanol–water partition coefficient (Wildman–Crippen LogP) is 4.43. The fourth-order valence-corrected chi connectivity index (χ4v) is 3.23. The van der Waals surface area contributed by atoms with Gasteiger partial charge in [0.15, 0.2) is 0 Å². The van der Waals surface area contributed by atoms with Crippen LogP contribution >= 0.6 is 27.5 Å². The van der Waals surface area contributed by atoms with Crippen molar-refractivity contribution in [2.45, 2.75) is 6.92 Å². The number of hydrazone groups is 1. The van der Waals surface area contributed by atoms with Gasteiger partial charge in [-0.15, -0.1) is 0 Å². The average molecular weight is 419 g/mol. The Morgan fingerprint density at radius 2 is 2.08 bits per heavy atom. The van der Waals surface area contributed by atoms with Gasteiger partial charge in [-0.1, -0.05) is 29.8 Å². The summed E-state index contributed by atoms with van der Waals surface area (Å²) in [6.07, 6.45) is 1.33. The summed E-state index contributed by atoms with van der Waals surface area (Å²) in [5, 5.41) is 15.1. The summed E-state index contributed by atoms with van der Waals surface area (Å²) in [6, 6.07) is 12.2. The van der Waals surface area contributed by atoms with Crippen molar-refractivity contribution < 1.29 is 9.90 Å². The summed E-state index contributed by atoms with van der Waals surface area (Å²) >= 11 is 9.14. The largest absolute Gasteiger partial charge is 0.506 e. The number of aryl methyl sites for hydroxylation is 1. The predicted molar refractivity (Wildman–Crippen MR) is 102 cm³/mol. The topological polar surface area (TPSA) is 74.6 Å². The first-order chi connectivity index (χ1) is 12.0. The lowest BCUT2D eigenvalue weighted by Gasteiger charge is -2.06. The normalized spacial score (nSPS) is 11.2. The number of hydrogen-bond acceptors (Lipinski definition) is 4. The highest BCUT2D eigenvalue weighted by Crippen LogP contribution is 2.30. The molecule has 1 aromatic heterocycles. The fourth-order valence-electron chi connectivity index (χ4n) is 2.40. The molecule has 25 heavy (non-hydrogen) atoms. The maximum atomic E-state index is 12.5. The van der Waals surface area contributed by atoms with Gasteiger partial charge in [-0.3, -0.25) is 9.78 Å². The second-order valence-corrected chi connectivity index (χ2v) is 6.64. The van der Waals surface area contributed by atoms with Crippen molar-refractivity contribution in [3.05, 3.63) is 68.8 Å². The molecule has 0 fully saturated rings. The summed E-state index contributed by atoms with van der Waals surface area (Å²) in [4.78, 5) is 16.9. The van der Waals surface area contributed by atoms with Gasteiger partial charge >= 0.3 is 0 Å². The SMILES string of the molecule is Cc1cc(C(=O)N/N=C/c2cc(Cl)cc(Br)c2O)c2ccccc2n1. The summed E-state index contributed by atoms with van der Waals surface area (Å²) in [5.41, 5.74) is 4.82. The molecule has 0 saturated heterocycles. The molecule has 3 rings (SSSR count). The molecule has 3 aromatic rings. The van der Waals surface area contributed by atoms with Crippen LogP contribution in [-0.4, -0.2) is 22.2 Å². The number of phenolic OH excluding ortho intramolecular Hbond substituents is 1. The lowest BCUT2D eigenvalue weighted by Crippen LogP contribution is -2.18. The number of fused-ring (bicyclic) bond motifs is 1. The van der Waals surface area contributed by atoms with Gasteiger partial charge in [0.1, 0.15) is 5.75 Å². The Balaban J connectivity index is 1.87. The van der Waals surface area contributed by atoms with Crippen molar-refractivity contribution in [2.75, 3.05) is 0 Å². The number of hydrogen-bond donors (Lipinski definition) is 2. The van der Waals surface area contributed by atoms with E-state index in [1.165, 1.54) is 6.21 Å². The number of nitrogens with zero attached hydrogens (tertiary/aromatic N) is 2. The van der Waals surface area contributed by atoms with Crippen LogP contribution in [0.15, 0.2) is 52.0 Å². The van der Waals surface area contributed by atoms with Crippen LogP contribution in [-0.2, 0) is 0 Å². The molecule has 2 N–H and O–H groups in total. The third-order valence-electron chi connectivity index (χ3n) is 3.52. The molecule has 7 heteroatoms. The number of rotatable bonds is 3. The van der Waals surface area contributed by atoms with Gasteiger partial charge in [-0.2, -0.15) is 5.10 Å². The van der Waals surface area contributed by atoms with Crippen molar-refractivity contribution >= 4 is 50.6 Å². The van der Waals surface area contributed by atoms with Crippen molar-refractivity contribution in [1.29, 1.82) is 0 Å². The quantitative estimate of drug-likeness (QED) is 0.488. The molecule has 0 spiro atoms. The number of aromatic nitrogens is 1. The van der Waals surface area contributed by atoms with E-state index < -0.39 is 0 Å². The van der Waals surface area contributed by atoms with Crippen molar-refractivity contribution in [1.82, 2.24) is 10.4 Å². The number of para-hydroxylation sites is 1. The summed E-state index contributed by atoms with van der Waals surface area (Å²) in [5.74, 6) is -0.369. The Labute approximate surface area is 157 Å². The number of amides is 1. The summed E-state index contributed by atoms with van der Waals surface area (Å²) < 4.78 is 0.448. The van der Waals surface area contributed by atoms with E-state index in [4.69, 9.17) is 11.6 Å². The average Bonchev–Trinajstić information content (AvgIpc) is 2.58. The fraction of sp³-hybridized carbons (Fsp3) is 0.0556. The Hall–Kier alpha value is -2.44. The number of pyridine rings is 1. The van der Waals surface area contributed by atoms with E-state index in [0.717, 1.165) is 16.6 Å². The molecule has 1 heterocycles. The van der Waals surface area contributed by atoms with Gasteiger partial charge in [0.05, 0.1) is 21.8 Å². The monoisotopic (exact) mass is 417 g/mol. The number of carbonyl (C=O) groups excluding carboxylic acids is 1. The smallest absolute Gasteiger partial charge is 0.272 e. The molecule has 1 amide bonds. The first-order valence-electron chi connectivity index (χ1n) is 7.33. The van der Waals surface area contributed by atoms with Crippen LogP contribution in [0.25, 0.3) is 10.9 Å². The summed E-state index contributed by atoms with van der Waals surface area (Å²) in [7, 11) is 0. The van der Waals surface area contributed by atoms with Gasteiger partial charge in [-0.05, 0) is 47.1 Å². The molecule has 0 atom stereocenters. The van der Waals surface area contributed by atoms with Crippen LogP contribution < -0.4 is 5.43 Å². The van der Waals surface area contributed by atoms with Crippen molar-refractivity contribution in [3.63, 3.8) is 0 Å². The summed E-state index contributed by atoms with van der Waals surface area (Å²) in [6.45, 7) is 1.83. The molecule has 0 bridgehead atoms. The number of halogens is 2. The zero-order valence-corrected chi connectivity index (χ0v) is 15.5. The molecular weight excluding hydrogens is 406 g/mol. The molecule has 0 radical (unpaired) electrons. The number of aromatic hydroxyl groups is 1. The zero-order valence-electron chi connectivity index (χ0n) is 13.1. The highest BCUT2D eigenvalue weighted by molar-refractivity contribution is 9.10. The molecule has 0 unspecified atom stereocenters. The van der Waals surface area contributed by atoms with E-state index in [2.05, 4.69) is 31.4 Å². The zero-order chi connectivity index (χ0) is 18.0. The van der Waals surface area contributed by atoms with Crippen LogP contribution in [0.4, 0.5) is 0 Å². The van der Waals surface area contributed by atoms with E-state index in [0.29, 0.717) is 20.6 Å². The lowest BCUT2D eigenvalue weighted by atomic mass is 10.1. The second-order valence-electron chi connectivity index (χ2n) is 5.35. The first kappa shape index (κ1) is 17.4. The highest BCUT2D eigenvalue weighted by Gasteiger charge is 2.11. The Morgan fingerprint density at radius 3 is 2.88 bits per heavy atom. The van der Waals surface area contributed by atoms with Crippen LogP contribution in [0.1, 0.15) is 21.6 Å². The minimum absolute atomic E-state index is 0.00685. The third kappa shape index (κ3) is 3.81. The maximum absolute atomic E-state index is 12.5. The van der Waals surface area contributed by atoms with Gasteiger partial charge < -0.3 is 5.11 Å².